The standard InChI is InChI=1S/C14H18BrNO4/c1-9(10-2-4-11(15)5-3-10)8-13(18)16-12(6-7-17)14(19)20/h2-5,9,12,17H,6-8H2,1H3,(H,16,18)(H,19,20)/t9?,12-/m1/s1. The van der Waals surface area contributed by atoms with E-state index in [2.05, 4.69) is 21.2 Å². The van der Waals surface area contributed by atoms with Gasteiger partial charge in [-0.2, -0.15) is 0 Å². The van der Waals surface area contributed by atoms with Gasteiger partial charge in [0.15, 0.2) is 0 Å². The maximum Gasteiger partial charge on any atom is 0.326 e. The van der Waals surface area contributed by atoms with Crippen LogP contribution in [0.3, 0.4) is 0 Å². The molecule has 0 saturated carbocycles. The summed E-state index contributed by atoms with van der Waals surface area (Å²) in [4.78, 5) is 22.7. The van der Waals surface area contributed by atoms with Gasteiger partial charge in [-0.15, -0.1) is 0 Å². The molecule has 1 amide bonds. The zero-order chi connectivity index (χ0) is 15.1. The Labute approximate surface area is 126 Å². The zero-order valence-corrected chi connectivity index (χ0v) is 12.8. The molecule has 3 N–H and O–H groups in total. The highest BCUT2D eigenvalue weighted by Gasteiger charge is 2.20. The molecule has 0 aliphatic heterocycles. The van der Waals surface area contributed by atoms with Crippen molar-refractivity contribution in [2.24, 2.45) is 0 Å². The molecular formula is C14H18BrNO4. The minimum absolute atomic E-state index is 0.00768. The Morgan fingerprint density at radius 2 is 1.90 bits per heavy atom. The first-order valence-electron chi connectivity index (χ1n) is 6.32. The molecule has 1 aromatic rings. The molecule has 1 aromatic carbocycles. The van der Waals surface area contributed by atoms with Crippen molar-refractivity contribution >= 4 is 27.8 Å². The molecule has 5 nitrogen and oxygen atoms in total. The molecule has 0 radical (unpaired) electrons. The maximum absolute atomic E-state index is 11.8. The first-order chi connectivity index (χ1) is 9.43. The smallest absolute Gasteiger partial charge is 0.326 e. The summed E-state index contributed by atoms with van der Waals surface area (Å²) < 4.78 is 0.965. The molecule has 0 heterocycles. The number of carboxylic acid groups (broad SMARTS) is 1. The van der Waals surface area contributed by atoms with Crippen molar-refractivity contribution in [1.29, 1.82) is 0 Å². The lowest BCUT2D eigenvalue weighted by molar-refractivity contribution is -0.142. The van der Waals surface area contributed by atoms with E-state index in [-0.39, 0.29) is 31.3 Å². The first-order valence-corrected chi connectivity index (χ1v) is 7.11. The predicted molar refractivity (Wildman–Crippen MR) is 78.4 cm³/mol. The number of carbonyl (C=O) groups excluding carboxylic acids is 1. The summed E-state index contributed by atoms with van der Waals surface area (Å²) in [5.41, 5.74) is 1.01. The Morgan fingerprint density at radius 1 is 1.30 bits per heavy atom. The van der Waals surface area contributed by atoms with Gasteiger partial charge in [0.2, 0.25) is 5.91 Å². The van der Waals surface area contributed by atoms with Gasteiger partial charge in [-0.1, -0.05) is 35.0 Å². The van der Waals surface area contributed by atoms with E-state index in [4.69, 9.17) is 10.2 Å². The van der Waals surface area contributed by atoms with Crippen LogP contribution in [0.5, 0.6) is 0 Å². The van der Waals surface area contributed by atoms with E-state index in [1.165, 1.54) is 0 Å². The molecule has 110 valence electrons. The van der Waals surface area contributed by atoms with Crippen LogP contribution in [0.2, 0.25) is 0 Å². The van der Waals surface area contributed by atoms with Crippen LogP contribution in [0.15, 0.2) is 28.7 Å². The lowest BCUT2D eigenvalue weighted by Crippen LogP contribution is -2.41. The van der Waals surface area contributed by atoms with Crippen LogP contribution in [0.4, 0.5) is 0 Å². The number of benzene rings is 1. The molecule has 2 atom stereocenters. The number of amides is 1. The van der Waals surface area contributed by atoms with Gasteiger partial charge in [-0.05, 0) is 23.6 Å². The Balaban J connectivity index is 2.56. The number of aliphatic hydroxyl groups is 1. The molecule has 0 aliphatic rings. The summed E-state index contributed by atoms with van der Waals surface area (Å²) >= 11 is 3.34. The number of rotatable bonds is 7. The first kappa shape index (κ1) is 16.7. The van der Waals surface area contributed by atoms with Gasteiger partial charge in [0.05, 0.1) is 0 Å². The molecule has 1 rings (SSSR count). The van der Waals surface area contributed by atoms with Crippen molar-refractivity contribution in [1.82, 2.24) is 5.32 Å². The van der Waals surface area contributed by atoms with Gasteiger partial charge in [0.25, 0.3) is 0 Å². The van der Waals surface area contributed by atoms with Crippen LogP contribution in [0.25, 0.3) is 0 Å². The molecule has 0 saturated heterocycles. The van der Waals surface area contributed by atoms with Gasteiger partial charge in [-0.25, -0.2) is 4.79 Å². The van der Waals surface area contributed by atoms with Crippen molar-refractivity contribution in [3.8, 4) is 0 Å². The number of carboxylic acids is 1. The molecule has 0 fully saturated rings. The molecule has 0 bridgehead atoms. The normalized spacial score (nSPS) is 13.6. The van der Waals surface area contributed by atoms with Crippen LogP contribution in [-0.4, -0.2) is 34.7 Å². The zero-order valence-electron chi connectivity index (χ0n) is 11.2. The van der Waals surface area contributed by atoms with E-state index in [0.717, 1.165) is 10.0 Å². The minimum Gasteiger partial charge on any atom is -0.480 e. The highest BCUT2D eigenvalue weighted by atomic mass is 79.9. The van der Waals surface area contributed by atoms with Crippen LogP contribution in [0.1, 0.15) is 31.2 Å². The van der Waals surface area contributed by atoms with Gasteiger partial charge < -0.3 is 15.5 Å². The summed E-state index contributed by atoms with van der Waals surface area (Å²) in [6.45, 7) is 1.63. The second-order valence-electron chi connectivity index (χ2n) is 4.63. The molecule has 0 aromatic heterocycles. The molecule has 1 unspecified atom stereocenters. The topological polar surface area (TPSA) is 86.6 Å². The van der Waals surface area contributed by atoms with Crippen molar-refractivity contribution in [2.45, 2.75) is 31.7 Å². The Morgan fingerprint density at radius 3 is 2.40 bits per heavy atom. The summed E-state index contributed by atoms with van der Waals surface area (Å²) in [6, 6.07) is 6.60. The van der Waals surface area contributed by atoms with Crippen molar-refractivity contribution in [3.05, 3.63) is 34.3 Å². The van der Waals surface area contributed by atoms with Gasteiger partial charge in [0.1, 0.15) is 6.04 Å². The molecule has 0 aliphatic carbocycles. The maximum atomic E-state index is 11.8. The van der Waals surface area contributed by atoms with Gasteiger partial charge >= 0.3 is 5.97 Å². The Bertz CT molecular complexity index is 461. The Kier molecular flexibility index (Phi) is 6.67. The van der Waals surface area contributed by atoms with Crippen LogP contribution >= 0.6 is 15.9 Å². The van der Waals surface area contributed by atoms with Crippen LogP contribution < -0.4 is 5.32 Å². The number of halogens is 1. The van der Waals surface area contributed by atoms with E-state index < -0.39 is 12.0 Å². The second kappa shape index (κ2) is 8.01. The monoisotopic (exact) mass is 343 g/mol. The van der Waals surface area contributed by atoms with E-state index >= 15 is 0 Å². The number of hydrogen-bond acceptors (Lipinski definition) is 3. The van der Waals surface area contributed by atoms with E-state index in [0.29, 0.717) is 0 Å². The summed E-state index contributed by atoms with van der Waals surface area (Å²) in [7, 11) is 0. The fourth-order valence-corrected chi connectivity index (χ4v) is 2.09. The van der Waals surface area contributed by atoms with E-state index in [1.54, 1.807) is 0 Å². The van der Waals surface area contributed by atoms with Crippen molar-refractivity contribution in [2.75, 3.05) is 6.61 Å². The van der Waals surface area contributed by atoms with Gasteiger partial charge in [0, 0.05) is 23.9 Å². The Hall–Kier alpha value is -1.40. The third kappa shape index (κ3) is 5.30. The third-order valence-corrected chi connectivity index (χ3v) is 3.51. The highest BCUT2D eigenvalue weighted by Crippen LogP contribution is 2.21. The van der Waals surface area contributed by atoms with Crippen molar-refractivity contribution in [3.63, 3.8) is 0 Å². The minimum atomic E-state index is -1.14. The number of aliphatic carboxylic acids is 1. The average molecular weight is 344 g/mol. The lowest BCUT2D eigenvalue weighted by Gasteiger charge is -2.16. The van der Waals surface area contributed by atoms with E-state index in [9.17, 15) is 9.59 Å². The number of nitrogens with one attached hydrogen (secondary N) is 1. The highest BCUT2D eigenvalue weighted by molar-refractivity contribution is 9.10. The average Bonchev–Trinajstić information content (AvgIpc) is 2.38. The number of aliphatic hydroxyl groups excluding tert-OH is 1. The SMILES string of the molecule is CC(CC(=O)N[C@H](CCO)C(=O)O)c1ccc(Br)cc1. The molecule has 0 spiro atoms. The van der Waals surface area contributed by atoms with Crippen LogP contribution in [-0.2, 0) is 9.59 Å². The molecule has 20 heavy (non-hydrogen) atoms. The predicted octanol–water partition coefficient (Wildman–Crippen LogP) is 1.89. The molecule has 6 heteroatoms. The summed E-state index contributed by atoms with van der Waals surface area (Å²) in [5.74, 6) is -1.48. The quantitative estimate of drug-likeness (QED) is 0.705. The van der Waals surface area contributed by atoms with Crippen molar-refractivity contribution < 1.29 is 19.8 Å². The fraction of sp³-hybridized carbons (Fsp3) is 0.429. The largest absolute Gasteiger partial charge is 0.480 e. The number of carbonyl (C=O) groups is 2. The van der Waals surface area contributed by atoms with Crippen LogP contribution in [0, 0.1) is 0 Å². The fourth-order valence-electron chi connectivity index (χ4n) is 1.83. The third-order valence-electron chi connectivity index (χ3n) is 2.98. The van der Waals surface area contributed by atoms with E-state index in [1.807, 2.05) is 31.2 Å². The summed E-state index contributed by atoms with van der Waals surface area (Å²) in [5, 5.41) is 20.1. The molecular weight excluding hydrogens is 326 g/mol. The second-order valence-corrected chi connectivity index (χ2v) is 5.54. The van der Waals surface area contributed by atoms with Gasteiger partial charge in [-0.3, -0.25) is 4.79 Å². The lowest BCUT2D eigenvalue weighted by atomic mass is 9.97. The summed E-state index contributed by atoms with van der Waals surface area (Å²) in [6.07, 6.45) is 0.213. The number of hydrogen-bond donors (Lipinski definition) is 3.